The van der Waals surface area contributed by atoms with E-state index in [4.69, 9.17) is 21.1 Å². The summed E-state index contributed by atoms with van der Waals surface area (Å²) in [6, 6.07) is 17.1. The minimum Gasteiger partial charge on any atom is -0.370 e. The first-order chi connectivity index (χ1) is 16.1. The average Bonchev–Trinajstić information content (AvgIpc) is 3.45. The molecule has 0 radical (unpaired) electrons. The van der Waals surface area contributed by atoms with E-state index >= 15 is 0 Å². The van der Waals surface area contributed by atoms with E-state index in [1.165, 1.54) is 31.2 Å². The largest absolute Gasteiger partial charge is 0.370 e. The number of hydrogen-bond donors (Lipinski definition) is 1. The van der Waals surface area contributed by atoms with Crippen LogP contribution in [0.3, 0.4) is 0 Å². The second kappa shape index (κ2) is 9.96. The van der Waals surface area contributed by atoms with Crippen molar-refractivity contribution in [3.63, 3.8) is 0 Å². The van der Waals surface area contributed by atoms with Gasteiger partial charge in [-0.25, -0.2) is 9.97 Å². The van der Waals surface area contributed by atoms with E-state index < -0.39 is 0 Å². The molecule has 1 saturated heterocycles. The third-order valence-electron chi connectivity index (χ3n) is 7.13. The van der Waals surface area contributed by atoms with Crippen LogP contribution >= 0.6 is 11.6 Å². The van der Waals surface area contributed by atoms with E-state index in [1.54, 1.807) is 0 Å². The van der Waals surface area contributed by atoms with Gasteiger partial charge in [0.15, 0.2) is 0 Å². The maximum Gasteiger partial charge on any atom is 0.224 e. The zero-order chi connectivity index (χ0) is 22.8. The van der Waals surface area contributed by atoms with Crippen molar-refractivity contribution >= 4 is 28.3 Å². The third kappa shape index (κ3) is 4.86. The predicted octanol–water partition coefficient (Wildman–Crippen LogP) is 6.71. The summed E-state index contributed by atoms with van der Waals surface area (Å²) in [6.45, 7) is 4.98. The molecule has 1 aromatic heterocycles. The van der Waals surface area contributed by atoms with Gasteiger partial charge < -0.3 is 14.8 Å². The van der Waals surface area contributed by atoms with Crippen molar-refractivity contribution in [2.45, 2.75) is 76.9 Å². The molecule has 0 bridgehead atoms. The van der Waals surface area contributed by atoms with E-state index in [1.807, 2.05) is 18.2 Å². The lowest BCUT2D eigenvalue weighted by atomic mass is 9.93. The Balaban J connectivity index is 1.43. The summed E-state index contributed by atoms with van der Waals surface area (Å²) in [6.07, 6.45) is 5.83. The molecule has 1 aliphatic heterocycles. The van der Waals surface area contributed by atoms with Gasteiger partial charge in [-0.1, -0.05) is 63.1 Å². The molecule has 5 nitrogen and oxygen atoms in total. The Morgan fingerprint density at radius 1 is 1.09 bits per heavy atom. The van der Waals surface area contributed by atoms with Crippen LogP contribution in [-0.4, -0.2) is 28.2 Å². The van der Waals surface area contributed by atoms with E-state index in [9.17, 15) is 0 Å². The van der Waals surface area contributed by atoms with E-state index in [-0.39, 0.29) is 23.6 Å². The molecular weight excluding hydrogens is 434 g/mol. The molecule has 5 rings (SSSR count). The summed E-state index contributed by atoms with van der Waals surface area (Å²) in [5, 5.41) is 4.86. The molecule has 6 heteroatoms. The van der Waals surface area contributed by atoms with Gasteiger partial charge in [-0.3, -0.25) is 0 Å². The third-order valence-corrected chi connectivity index (χ3v) is 7.30. The lowest BCUT2D eigenvalue weighted by Crippen LogP contribution is -2.25. The molecule has 2 heterocycles. The van der Waals surface area contributed by atoms with Gasteiger partial charge in [-0.2, -0.15) is 0 Å². The minimum absolute atomic E-state index is 0.0269. The fraction of sp³-hybridized carbons (Fsp3) is 0.481. The van der Waals surface area contributed by atoms with Crippen molar-refractivity contribution in [1.29, 1.82) is 0 Å². The molecule has 1 aliphatic carbocycles. The summed E-state index contributed by atoms with van der Waals surface area (Å²) in [5.74, 6) is 1.13. The maximum absolute atomic E-state index is 6.51. The van der Waals surface area contributed by atoms with Crippen LogP contribution in [0.4, 0.5) is 5.82 Å². The quantitative estimate of drug-likeness (QED) is 0.393. The molecule has 0 amide bonds. The standard InChI is InChI=1S/C27H32ClN3O2/c1-3-23-17(2)24(32-16-18-9-5-4-6-10-18)25(33-23)19-13-14-21-22(15-19)30-27(28)31-26(21)29-20-11-7-8-12-20/h4-6,9-10,13-15,17,20,23-25H,3,7-8,11-12,16H2,1-2H3,(H,29,30,31)/t17-,23-,24-,25+/m1/s1. The summed E-state index contributed by atoms with van der Waals surface area (Å²) in [4.78, 5) is 9.03. The Kier molecular flexibility index (Phi) is 6.81. The van der Waals surface area contributed by atoms with Gasteiger partial charge in [0, 0.05) is 17.3 Å². The first kappa shape index (κ1) is 22.6. The van der Waals surface area contributed by atoms with Crippen molar-refractivity contribution in [3.05, 3.63) is 64.9 Å². The summed E-state index contributed by atoms with van der Waals surface area (Å²) < 4.78 is 13.0. The molecule has 0 unspecified atom stereocenters. The maximum atomic E-state index is 6.51. The van der Waals surface area contributed by atoms with Crippen LogP contribution in [0.5, 0.6) is 0 Å². The normalized spacial score (nSPS) is 25.7. The number of ether oxygens (including phenoxy) is 2. The summed E-state index contributed by atoms with van der Waals surface area (Å²) >= 11 is 6.32. The molecular formula is C27H32ClN3O2. The van der Waals surface area contributed by atoms with E-state index in [0.29, 0.717) is 18.6 Å². The van der Waals surface area contributed by atoms with E-state index in [0.717, 1.165) is 28.7 Å². The Labute approximate surface area is 200 Å². The highest BCUT2D eigenvalue weighted by Crippen LogP contribution is 2.42. The number of benzene rings is 2. The van der Waals surface area contributed by atoms with Gasteiger partial charge in [0.2, 0.25) is 5.28 Å². The second-order valence-electron chi connectivity index (χ2n) is 9.37. The topological polar surface area (TPSA) is 56.3 Å². The second-order valence-corrected chi connectivity index (χ2v) is 9.71. The number of hydrogen-bond acceptors (Lipinski definition) is 5. The molecule has 1 saturated carbocycles. The predicted molar refractivity (Wildman–Crippen MR) is 133 cm³/mol. The van der Waals surface area contributed by atoms with Crippen molar-refractivity contribution in [2.24, 2.45) is 5.92 Å². The average molecular weight is 466 g/mol. The zero-order valence-electron chi connectivity index (χ0n) is 19.3. The first-order valence-electron chi connectivity index (χ1n) is 12.2. The van der Waals surface area contributed by atoms with Gasteiger partial charge in [-0.15, -0.1) is 0 Å². The zero-order valence-corrected chi connectivity index (χ0v) is 20.1. The lowest BCUT2D eigenvalue weighted by Gasteiger charge is -2.23. The van der Waals surface area contributed by atoms with Gasteiger partial charge >= 0.3 is 0 Å². The smallest absolute Gasteiger partial charge is 0.224 e. The molecule has 4 atom stereocenters. The molecule has 0 spiro atoms. The lowest BCUT2D eigenvalue weighted by molar-refractivity contribution is -0.0336. The van der Waals surface area contributed by atoms with Crippen LogP contribution in [0, 0.1) is 5.92 Å². The van der Waals surface area contributed by atoms with Crippen LogP contribution in [0.2, 0.25) is 5.28 Å². The number of nitrogens with zero attached hydrogens (tertiary/aromatic N) is 2. The van der Waals surface area contributed by atoms with Crippen LogP contribution in [0.15, 0.2) is 48.5 Å². The summed E-state index contributed by atoms with van der Waals surface area (Å²) in [7, 11) is 0. The van der Waals surface area contributed by atoms with Crippen LogP contribution in [-0.2, 0) is 16.1 Å². The van der Waals surface area contributed by atoms with Crippen LogP contribution in [0.1, 0.15) is 63.2 Å². The highest BCUT2D eigenvalue weighted by atomic mass is 35.5. The number of aromatic nitrogens is 2. The molecule has 174 valence electrons. The molecule has 33 heavy (non-hydrogen) atoms. The van der Waals surface area contributed by atoms with Crippen molar-refractivity contribution < 1.29 is 9.47 Å². The Morgan fingerprint density at radius 3 is 2.64 bits per heavy atom. The number of halogens is 1. The fourth-order valence-corrected chi connectivity index (χ4v) is 5.46. The number of nitrogens with one attached hydrogen (secondary N) is 1. The first-order valence-corrected chi connectivity index (χ1v) is 12.5. The van der Waals surface area contributed by atoms with Crippen molar-refractivity contribution in [1.82, 2.24) is 9.97 Å². The van der Waals surface area contributed by atoms with Gasteiger partial charge in [0.1, 0.15) is 11.9 Å². The van der Waals surface area contributed by atoms with Crippen LogP contribution in [0.25, 0.3) is 10.9 Å². The van der Waals surface area contributed by atoms with Gasteiger partial charge in [0.25, 0.3) is 0 Å². The highest BCUT2D eigenvalue weighted by Gasteiger charge is 2.42. The van der Waals surface area contributed by atoms with Crippen LogP contribution < -0.4 is 5.32 Å². The molecule has 2 aromatic carbocycles. The SMILES string of the molecule is CC[C@H]1O[C@@H](c2ccc3c(NC4CCCC4)nc(Cl)nc3c2)[C@H](OCc2ccccc2)[C@@H]1C. The Morgan fingerprint density at radius 2 is 1.88 bits per heavy atom. The Bertz CT molecular complexity index is 1090. The van der Waals surface area contributed by atoms with E-state index in [2.05, 4.69) is 59.5 Å². The number of anilines is 1. The Hall–Kier alpha value is -2.21. The van der Waals surface area contributed by atoms with Crippen molar-refractivity contribution in [2.75, 3.05) is 5.32 Å². The molecule has 1 N–H and O–H groups in total. The minimum atomic E-state index is -0.141. The monoisotopic (exact) mass is 465 g/mol. The van der Waals surface area contributed by atoms with Crippen molar-refractivity contribution in [3.8, 4) is 0 Å². The molecule has 3 aromatic rings. The number of fused-ring (bicyclic) bond motifs is 1. The van der Waals surface area contributed by atoms with Gasteiger partial charge in [-0.05, 0) is 54.1 Å². The summed E-state index contributed by atoms with van der Waals surface area (Å²) in [5.41, 5.74) is 3.08. The fourth-order valence-electron chi connectivity index (χ4n) is 5.29. The molecule has 2 aliphatic rings. The number of rotatable bonds is 7. The highest BCUT2D eigenvalue weighted by molar-refractivity contribution is 6.28. The van der Waals surface area contributed by atoms with Gasteiger partial charge in [0.05, 0.1) is 24.3 Å². The molecule has 2 fully saturated rings.